The molecule has 0 radical (unpaired) electrons. The van der Waals surface area contributed by atoms with E-state index in [0.717, 1.165) is 6.42 Å². The molecule has 0 bridgehead atoms. The molecule has 12 heavy (non-hydrogen) atoms. The largest absolute Gasteiger partial charge is 0.393 e. The minimum absolute atomic E-state index is 0.127. The molecular weight excluding hydrogens is 156 g/mol. The Morgan fingerprint density at radius 2 is 2.00 bits per heavy atom. The Morgan fingerprint density at radius 3 is 2.42 bits per heavy atom. The van der Waals surface area contributed by atoms with E-state index in [4.69, 9.17) is 9.84 Å². The van der Waals surface area contributed by atoms with Crippen LogP contribution >= 0.6 is 0 Å². The van der Waals surface area contributed by atoms with Crippen LogP contribution in [0.1, 0.15) is 33.6 Å². The summed E-state index contributed by atoms with van der Waals surface area (Å²) in [6.45, 7) is 5.58. The molecule has 1 saturated heterocycles. The second-order valence-electron chi connectivity index (χ2n) is 4.39. The zero-order valence-electron chi connectivity index (χ0n) is 8.00. The average Bonchev–Trinajstić information content (AvgIpc) is 1.97. The number of hydrogen-bond acceptors (Lipinski definition) is 3. The van der Waals surface area contributed by atoms with Crippen LogP contribution in [0.15, 0.2) is 0 Å². The van der Waals surface area contributed by atoms with E-state index in [-0.39, 0.29) is 12.2 Å². The van der Waals surface area contributed by atoms with Crippen molar-refractivity contribution in [3.8, 4) is 0 Å². The van der Waals surface area contributed by atoms with Crippen molar-refractivity contribution in [3.05, 3.63) is 0 Å². The van der Waals surface area contributed by atoms with E-state index in [1.165, 1.54) is 0 Å². The number of aliphatic hydroxyl groups excluding tert-OH is 2. The van der Waals surface area contributed by atoms with E-state index in [1.807, 2.05) is 13.8 Å². The second-order valence-corrected chi connectivity index (χ2v) is 4.39. The minimum Gasteiger partial charge on any atom is -0.393 e. The van der Waals surface area contributed by atoms with Gasteiger partial charge in [0, 0.05) is 0 Å². The molecule has 3 heteroatoms. The third-order valence-electron chi connectivity index (χ3n) is 2.55. The van der Waals surface area contributed by atoms with Crippen molar-refractivity contribution in [2.24, 2.45) is 0 Å². The van der Waals surface area contributed by atoms with Crippen LogP contribution in [0, 0.1) is 0 Å². The van der Waals surface area contributed by atoms with Crippen LogP contribution < -0.4 is 0 Å². The van der Waals surface area contributed by atoms with Crippen molar-refractivity contribution in [1.29, 1.82) is 0 Å². The Bertz CT molecular complexity index is 167. The smallest absolute Gasteiger partial charge is 0.115 e. The van der Waals surface area contributed by atoms with Crippen molar-refractivity contribution < 1.29 is 14.9 Å². The van der Waals surface area contributed by atoms with Crippen molar-refractivity contribution >= 4 is 0 Å². The van der Waals surface area contributed by atoms with Gasteiger partial charge >= 0.3 is 0 Å². The summed E-state index contributed by atoms with van der Waals surface area (Å²) in [5.41, 5.74) is -1.00. The van der Waals surface area contributed by atoms with E-state index < -0.39 is 11.7 Å². The molecule has 1 aliphatic rings. The molecule has 0 amide bonds. The van der Waals surface area contributed by atoms with Crippen LogP contribution in [-0.2, 0) is 4.74 Å². The number of hydrogen-bond donors (Lipinski definition) is 2. The zero-order chi connectivity index (χ0) is 9.41. The summed E-state index contributed by atoms with van der Waals surface area (Å²) in [4.78, 5) is 0. The number of rotatable bonds is 1. The van der Waals surface area contributed by atoms with Gasteiger partial charge in [0.05, 0.1) is 18.3 Å². The third kappa shape index (κ3) is 1.79. The molecule has 1 fully saturated rings. The van der Waals surface area contributed by atoms with Gasteiger partial charge in [0.2, 0.25) is 0 Å². The Kier molecular flexibility index (Phi) is 2.47. The van der Waals surface area contributed by atoms with Gasteiger partial charge < -0.3 is 14.9 Å². The lowest BCUT2D eigenvalue weighted by Crippen LogP contribution is -2.54. The maximum atomic E-state index is 9.58. The van der Waals surface area contributed by atoms with Crippen molar-refractivity contribution in [1.82, 2.24) is 0 Å². The molecule has 2 N–H and O–H groups in total. The van der Waals surface area contributed by atoms with Gasteiger partial charge in [-0.1, -0.05) is 0 Å². The summed E-state index contributed by atoms with van der Waals surface area (Å²) in [7, 11) is 0. The van der Waals surface area contributed by atoms with Crippen molar-refractivity contribution in [3.63, 3.8) is 0 Å². The van der Waals surface area contributed by atoms with Crippen LogP contribution in [0.4, 0.5) is 0 Å². The first-order chi connectivity index (χ1) is 5.40. The Morgan fingerprint density at radius 1 is 1.42 bits per heavy atom. The highest BCUT2D eigenvalue weighted by Gasteiger charge is 2.43. The molecule has 1 rings (SSSR count). The van der Waals surface area contributed by atoms with Gasteiger partial charge in [0.1, 0.15) is 5.60 Å². The predicted octanol–water partition coefficient (Wildman–Crippen LogP) is 0.687. The van der Waals surface area contributed by atoms with E-state index in [9.17, 15) is 5.11 Å². The first-order valence-corrected chi connectivity index (χ1v) is 4.39. The van der Waals surface area contributed by atoms with Crippen molar-refractivity contribution in [2.75, 3.05) is 6.61 Å². The Labute approximate surface area is 73.4 Å². The van der Waals surface area contributed by atoms with Crippen LogP contribution in [0.3, 0.4) is 0 Å². The fourth-order valence-electron chi connectivity index (χ4n) is 1.68. The summed E-state index contributed by atoms with van der Waals surface area (Å²) in [5.74, 6) is 0. The average molecular weight is 174 g/mol. The monoisotopic (exact) mass is 174 g/mol. The first kappa shape index (κ1) is 9.96. The summed E-state index contributed by atoms with van der Waals surface area (Å²) in [6, 6.07) is 0. The lowest BCUT2D eigenvalue weighted by molar-refractivity contribution is -0.229. The highest BCUT2D eigenvalue weighted by molar-refractivity contribution is 4.92. The summed E-state index contributed by atoms with van der Waals surface area (Å²) in [5, 5.41) is 18.6. The van der Waals surface area contributed by atoms with Crippen LogP contribution in [0.5, 0.6) is 0 Å². The standard InChI is InChI=1S/C9H18O3/c1-8(2)5-4-7(11)9(3,6-10)12-8/h7,10-11H,4-6H2,1-3H3/t7-,9-/m0/s1. The summed E-state index contributed by atoms with van der Waals surface area (Å²) >= 11 is 0. The van der Waals surface area contributed by atoms with E-state index >= 15 is 0 Å². The third-order valence-corrected chi connectivity index (χ3v) is 2.55. The fourth-order valence-corrected chi connectivity index (χ4v) is 1.68. The van der Waals surface area contributed by atoms with E-state index in [0.29, 0.717) is 6.42 Å². The van der Waals surface area contributed by atoms with Gasteiger partial charge in [-0.15, -0.1) is 0 Å². The molecule has 0 saturated carbocycles. The van der Waals surface area contributed by atoms with Crippen LogP contribution in [0.2, 0.25) is 0 Å². The normalized spacial score (nSPS) is 41.2. The molecule has 1 aliphatic heterocycles. The number of ether oxygens (including phenoxy) is 1. The fraction of sp³-hybridized carbons (Fsp3) is 1.00. The molecule has 0 aromatic heterocycles. The van der Waals surface area contributed by atoms with E-state index in [2.05, 4.69) is 0 Å². The quantitative estimate of drug-likeness (QED) is 0.615. The molecule has 72 valence electrons. The Balaban J connectivity index is 2.72. The molecular formula is C9H18O3. The maximum absolute atomic E-state index is 9.58. The maximum Gasteiger partial charge on any atom is 0.115 e. The molecule has 2 atom stereocenters. The molecule has 0 aliphatic carbocycles. The molecule has 0 aromatic carbocycles. The van der Waals surface area contributed by atoms with Crippen molar-refractivity contribution in [2.45, 2.75) is 50.9 Å². The zero-order valence-corrected chi connectivity index (χ0v) is 8.00. The lowest BCUT2D eigenvalue weighted by Gasteiger charge is -2.45. The van der Waals surface area contributed by atoms with Crippen LogP contribution in [-0.4, -0.2) is 34.1 Å². The van der Waals surface area contributed by atoms with E-state index in [1.54, 1.807) is 6.92 Å². The second kappa shape index (κ2) is 2.98. The highest BCUT2D eigenvalue weighted by atomic mass is 16.5. The first-order valence-electron chi connectivity index (χ1n) is 4.39. The predicted molar refractivity (Wildman–Crippen MR) is 45.9 cm³/mol. The van der Waals surface area contributed by atoms with Gasteiger partial charge in [-0.25, -0.2) is 0 Å². The van der Waals surface area contributed by atoms with Crippen LogP contribution in [0.25, 0.3) is 0 Å². The number of aliphatic hydroxyl groups is 2. The highest BCUT2D eigenvalue weighted by Crippen LogP contribution is 2.34. The summed E-state index contributed by atoms with van der Waals surface area (Å²) in [6.07, 6.45) is 0.990. The van der Waals surface area contributed by atoms with Gasteiger partial charge in [-0.05, 0) is 33.6 Å². The van der Waals surface area contributed by atoms with Gasteiger partial charge in [0.25, 0.3) is 0 Å². The molecule has 0 aromatic rings. The topological polar surface area (TPSA) is 49.7 Å². The molecule has 0 spiro atoms. The Hall–Kier alpha value is -0.120. The minimum atomic E-state index is -0.776. The SMILES string of the molecule is CC1(C)CC[C@H](O)[C@](C)(CO)O1. The molecule has 1 heterocycles. The van der Waals surface area contributed by atoms with Gasteiger partial charge in [-0.3, -0.25) is 0 Å². The molecule has 3 nitrogen and oxygen atoms in total. The van der Waals surface area contributed by atoms with Gasteiger partial charge in [0.15, 0.2) is 0 Å². The lowest BCUT2D eigenvalue weighted by atomic mass is 9.86. The summed E-state index contributed by atoms with van der Waals surface area (Å²) < 4.78 is 5.62. The molecule has 0 unspecified atom stereocenters. The van der Waals surface area contributed by atoms with Gasteiger partial charge in [-0.2, -0.15) is 0 Å².